The van der Waals surface area contributed by atoms with E-state index in [4.69, 9.17) is 0 Å². The van der Waals surface area contributed by atoms with Crippen LogP contribution in [0.25, 0.3) is 0 Å². The molecule has 1 heterocycles. The molecule has 1 aliphatic heterocycles. The molecule has 2 heteroatoms. The van der Waals surface area contributed by atoms with Gasteiger partial charge in [0, 0.05) is 19.1 Å². The van der Waals surface area contributed by atoms with E-state index in [1.807, 2.05) is 0 Å². The monoisotopic (exact) mass is 246 g/mol. The fraction of sp³-hybridized carbons (Fsp3) is 0.625. The van der Waals surface area contributed by atoms with Gasteiger partial charge in [0.2, 0.25) is 0 Å². The highest BCUT2D eigenvalue weighted by Gasteiger charge is 2.16. The first-order valence-electron chi connectivity index (χ1n) is 7.05. The SMILES string of the molecule is Cc1cc(C)c(CNC2CCCN(C)C2)c(C)c1. The van der Waals surface area contributed by atoms with Crippen molar-refractivity contribution in [3.63, 3.8) is 0 Å². The second-order valence-corrected chi connectivity index (χ2v) is 5.86. The van der Waals surface area contributed by atoms with Crippen LogP contribution in [0.15, 0.2) is 12.1 Å². The molecule has 1 aliphatic rings. The highest BCUT2D eigenvalue weighted by Crippen LogP contribution is 2.17. The molecule has 2 nitrogen and oxygen atoms in total. The van der Waals surface area contributed by atoms with E-state index in [9.17, 15) is 0 Å². The zero-order valence-corrected chi connectivity index (χ0v) is 12.2. The number of rotatable bonds is 3. The quantitative estimate of drug-likeness (QED) is 0.882. The number of piperidine rings is 1. The number of aryl methyl sites for hydroxylation is 3. The molecule has 1 atom stereocenters. The first-order valence-corrected chi connectivity index (χ1v) is 7.05. The first-order chi connectivity index (χ1) is 8.56. The molecular weight excluding hydrogens is 220 g/mol. The lowest BCUT2D eigenvalue weighted by Gasteiger charge is -2.30. The number of nitrogens with one attached hydrogen (secondary N) is 1. The van der Waals surface area contributed by atoms with Crippen LogP contribution in [0.1, 0.15) is 35.1 Å². The van der Waals surface area contributed by atoms with E-state index in [2.05, 4.69) is 50.2 Å². The van der Waals surface area contributed by atoms with Crippen molar-refractivity contribution in [2.24, 2.45) is 0 Å². The summed E-state index contributed by atoms with van der Waals surface area (Å²) >= 11 is 0. The zero-order valence-electron chi connectivity index (χ0n) is 12.2. The van der Waals surface area contributed by atoms with Crippen molar-refractivity contribution in [3.8, 4) is 0 Å². The highest BCUT2D eigenvalue weighted by atomic mass is 15.1. The molecule has 1 saturated heterocycles. The molecule has 0 amide bonds. The number of likely N-dealkylation sites (N-methyl/N-ethyl adjacent to an activating group) is 1. The third-order valence-electron chi connectivity index (χ3n) is 4.03. The Labute approximate surface area is 111 Å². The fourth-order valence-electron chi connectivity index (χ4n) is 3.07. The molecule has 0 saturated carbocycles. The van der Waals surface area contributed by atoms with E-state index in [1.165, 1.54) is 48.2 Å². The average Bonchev–Trinajstić information content (AvgIpc) is 2.27. The molecule has 1 aromatic rings. The molecule has 0 spiro atoms. The van der Waals surface area contributed by atoms with E-state index >= 15 is 0 Å². The molecule has 0 aliphatic carbocycles. The smallest absolute Gasteiger partial charge is 0.0213 e. The minimum absolute atomic E-state index is 0.656. The van der Waals surface area contributed by atoms with E-state index < -0.39 is 0 Å². The second-order valence-electron chi connectivity index (χ2n) is 5.86. The van der Waals surface area contributed by atoms with Crippen molar-refractivity contribution >= 4 is 0 Å². The molecule has 0 aromatic heterocycles. The molecule has 0 bridgehead atoms. The Morgan fingerprint density at radius 3 is 2.50 bits per heavy atom. The van der Waals surface area contributed by atoms with Gasteiger partial charge in [-0.25, -0.2) is 0 Å². The Morgan fingerprint density at radius 1 is 1.22 bits per heavy atom. The number of nitrogens with zero attached hydrogens (tertiary/aromatic N) is 1. The van der Waals surface area contributed by atoms with Gasteiger partial charge in [0.15, 0.2) is 0 Å². The van der Waals surface area contributed by atoms with Gasteiger partial charge in [-0.1, -0.05) is 17.7 Å². The third-order valence-corrected chi connectivity index (χ3v) is 4.03. The topological polar surface area (TPSA) is 15.3 Å². The van der Waals surface area contributed by atoms with Gasteiger partial charge in [-0.3, -0.25) is 0 Å². The Balaban J connectivity index is 1.97. The molecule has 1 unspecified atom stereocenters. The predicted octanol–water partition coefficient (Wildman–Crippen LogP) is 2.80. The third kappa shape index (κ3) is 3.33. The van der Waals surface area contributed by atoms with Crippen LogP contribution in [-0.2, 0) is 6.54 Å². The van der Waals surface area contributed by atoms with Gasteiger partial charge < -0.3 is 10.2 Å². The fourth-order valence-corrected chi connectivity index (χ4v) is 3.07. The normalized spacial score (nSPS) is 21.2. The van der Waals surface area contributed by atoms with Gasteiger partial charge in [0.1, 0.15) is 0 Å². The van der Waals surface area contributed by atoms with Crippen molar-refractivity contribution < 1.29 is 0 Å². The van der Waals surface area contributed by atoms with E-state index in [-0.39, 0.29) is 0 Å². The lowest BCUT2D eigenvalue weighted by atomic mass is 9.99. The summed E-state index contributed by atoms with van der Waals surface area (Å²) in [6.45, 7) is 10.1. The lowest BCUT2D eigenvalue weighted by molar-refractivity contribution is 0.226. The Bertz CT molecular complexity index is 389. The summed E-state index contributed by atoms with van der Waals surface area (Å²) in [5.74, 6) is 0. The highest BCUT2D eigenvalue weighted by molar-refractivity contribution is 5.37. The average molecular weight is 246 g/mol. The van der Waals surface area contributed by atoms with Gasteiger partial charge >= 0.3 is 0 Å². The number of hydrogen-bond acceptors (Lipinski definition) is 2. The van der Waals surface area contributed by atoms with Crippen LogP contribution in [0.2, 0.25) is 0 Å². The number of hydrogen-bond donors (Lipinski definition) is 1. The molecular formula is C16H26N2. The summed E-state index contributed by atoms with van der Waals surface area (Å²) < 4.78 is 0. The Hall–Kier alpha value is -0.860. The van der Waals surface area contributed by atoms with Crippen molar-refractivity contribution in [1.29, 1.82) is 0 Å². The van der Waals surface area contributed by atoms with E-state index in [0.717, 1.165) is 6.54 Å². The first kappa shape index (κ1) is 13.6. The van der Waals surface area contributed by atoms with Crippen LogP contribution < -0.4 is 5.32 Å². The molecule has 1 aromatic carbocycles. The standard InChI is InChI=1S/C16H26N2/c1-12-8-13(2)16(14(3)9-12)10-17-15-6-5-7-18(4)11-15/h8-9,15,17H,5-7,10-11H2,1-4H3. The Morgan fingerprint density at radius 2 is 1.89 bits per heavy atom. The van der Waals surface area contributed by atoms with Gasteiger partial charge in [0.05, 0.1) is 0 Å². The Kier molecular flexibility index (Phi) is 4.41. The minimum atomic E-state index is 0.656. The van der Waals surface area contributed by atoms with Crippen molar-refractivity contribution in [2.45, 2.75) is 46.2 Å². The molecule has 2 rings (SSSR count). The van der Waals surface area contributed by atoms with Crippen LogP contribution >= 0.6 is 0 Å². The summed E-state index contributed by atoms with van der Waals surface area (Å²) in [6, 6.07) is 5.23. The number of likely N-dealkylation sites (tertiary alicyclic amines) is 1. The van der Waals surface area contributed by atoms with Crippen molar-refractivity contribution in [1.82, 2.24) is 10.2 Å². The van der Waals surface area contributed by atoms with E-state index in [0.29, 0.717) is 6.04 Å². The molecule has 100 valence electrons. The summed E-state index contributed by atoms with van der Waals surface area (Å²) in [4.78, 5) is 2.43. The molecule has 0 radical (unpaired) electrons. The van der Waals surface area contributed by atoms with Crippen LogP contribution in [-0.4, -0.2) is 31.1 Å². The van der Waals surface area contributed by atoms with Gasteiger partial charge in [0.25, 0.3) is 0 Å². The van der Waals surface area contributed by atoms with Crippen molar-refractivity contribution in [2.75, 3.05) is 20.1 Å². The summed E-state index contributed by atoms with van der Waals surface area (Å²) in [5, 5.41) is 3.73. The summed E-state index contributed by atoms with van der Waals surface area (Å²) in [6.07, 6.45) is 2.63. The van der Waals surface area contributed by atoms with Crippen molar-refractivity contribution in [3.05, 3.63) is 34.4 Å². The van der Waals surface area contributed by atoms with Crippen LogP contribution in [0, 0.1) is 20.8 Å². The van der Waals surface area contributed by atoms with Crippen LogP contribution in [0.3, 0.4) is 0 Å². The van der Waals surface area contributed by atoms with Gasteiger partial charge in [-0.2, -0.15) is 0 Å². The molecule has 18 heavy (non-hydrogen) atoms. The minimum Gasteiger partial charge on any atom is -0.309 e. The molecule has 1 fully saturated rings. The molecule has 1 N–H and O–H groups in total. The van der Waals surface area contributed by atoms with Gasteiger partial charge in [-0.15, -0.1) is 0 Å². The summed E-state index contributed by atoms with van der Waals surface area (Å²) in [5.41, 5.74) is 5.69. The van der Waals surface area contributed by atoms with Crippen LogP contribution in [0.4, 0.5) is 0 Å². The largest absolute Gasteiger partial charge is 0.309 e. The van der Waals surface area contributed by atoms with Crippen LogP contribution in [0.5, 0.6) is 0 Å². The second kappa shape index (κ2) is 5.85. The lowest BCUT2D eigenvalue weighted by Crippen LogP contribution is -2.43. The zero-order chi connectivity index (χ0) is 13.1. The maximum atomic E-state index is 3.73. The summed E-state index contributed by atoms with van der Waals surface area (Å²) in [7, 11) is 2.22. The number of benzene rings is 1. The predicted molar refractivity (Wildman–Crippen MR) is 78.0 cm³/mol. The maximum absolute atomic E-state index is 3.73. The van der Waals surface area contributed by atoms with Gasteiger partial charge in [-0.05, 0) is 63.9 Å². The maximum Gasteiger partial charge on any atom is 0.0213 e. The van der Waals surface area contributed by atoms with E-state index in [1.54, 1.807) is 0 Å².